The first-order valence-electron chi connectivity index (χ1n) is 4.80. The van der Waals surface area contributed by atoms with E-state index >= 15 is 0 Å². The smallest absolute Gasteiger partial charge is 0.352 e. The summed E-state index contributed by atoms with van der Waals surface area (Å²) < 4.78 is 0. The van der Waals surface area contributed by atoms with Gasteiger partial charge in [-0.2, -0.15) is 0 Å². The van der Waals surface area contributed by atoms with E-state index in [-0.39, 0.29) is 11.1 Å². The van der Waals surface area contributed by atoms with Gasteiger partial charge in [0, 0.05) is 22.7 Å². The zero-order valence-corrected chi connectivity index (χ0v) is 9.36. The van der Waals surface area contributed by atoms with Crippen molar-refractivity contribution in [3.8, 4) is 11.3 Å². The molecule has 86 valence electrons. The molecule has 0 aliphatic carbocycles. The van der Waals surface area contributed by atoms with Gasteiger partial charge in [0.15, 0.2) is 5.43 Å². The average Bonchev–Trinajstić information content (AvgIpc) is 2.28. The first-order chi connectivity index (χ1) is 8.08. The third-order valence-electron chi connectivity index (χ3n) is 2.24. The number of hydrogen-bond donors (Lipinski definition) is 2. The number of halogens is 1. The second kappa shape index (κ2) is 4.43. The van der Waals surface area contributed by atoms with E-state index < -0.39 is 5.97 Å². The minimum absolute atomic E-state index is 0.160. The molecule has 0 amide bonds. The average molecular weight is 250 g/mol. The van der Waals surface area contributed by atoms with Crippen LogP contribution in [0.1, 0.15) is 10.5 Å². The van der Waals surface area contributed by atoms with Crippen LogP contribution in [0.2, 0.25) is 5.02 Å². The SMILES string of the molecule is O=C(O)c1cc(=O)cc(-c2ccccc2Cl)[nH]1. The lowest BCUT2D eigenvalue weighted by Crippen LogP contribution is -2.09. The lowest BCUT2D eigenvalue weighted by Gasteiger charge is -2.05. The standard InChI is InChI=1S/C12H8ClNO3/c13-9-4-2-1-3-8(9)10-5-7(15)6-11(14-10)12(16)17/h1-6H,(H,14,15)(H,16,17). The van der Waals surface area contributed by atoms with Crippen LogP contribution < -0.4 is 5.43 Å². The van der Waals surface area contributed by atoms with Crippen molar-refractivity contribution in [2.45, 2.75) is 0 Å². The van der Waals surface area contributed by atoms with Crippen molar-refractivity contribution in [3.05, 3.63) is 57.3 Å². The number of carboxylic acid groups (broad SMARTS) is 1. The highest BCUT2D eigenvalue weighted by molar-refractivity contribution is 6.33. The Labute approximate surface area is 101 Å². The Morgan fingerprint density at radius 3 is 2.59 bits per heavy atom. The van der Waals surface area contributed by atoms with E-state index in [0.29, 0.717) is 16.3 Å². The largest absolute Gasteiger partial charge is 0.477 e. The van der Waals surface area contributed by atoms with Crippen LogP contribution in [0.15, 0.2) is 41.2 Å². The molecule has 0 unspecified atom stereocenters. The number of aromatic nitrogens is 1. The molecule has 5 heteroatoms. The molecule has 0 spiro atoms. The van der Waals surface area contributed by atoms with Crippen LogP contribution in [0, 0.1) is 0 Å². The minimum atomic E-state index is -1.18. The first-order valence-corrected chi connectivity index (χ1v) is 5.18. The topological polar surface area (TPSA) is 70.2 Å². The Kier molecular flexibility index (Phi) is 2.97. The number of hydrogen-bond acceptors (Lipinski definition) is 2. The van der Waals surface area contributed by atoms with E-state index in [1.807, 2.05) is 0 Å². The fourth-order valence-electron chi connectivity index (χ4n) is 1.48. The number of aromatic amines is 1. The molecule has 0 atom stereocenters. The van der Waals surface area contributed by atoms with Gasteiger partial charge in [-0.1, -0.05) is 29.8 Å². The first kappa shape index (κ1) is 11.4. The van der Waals surface area contributed by atoms with Gasteiger partial charge in [0.25, 0.3) is 0 Å². The second-order valence-electron chi connectivity index (χ2n) is 3.43. The molecule has 0 radical (unpaired) electrons. The van der Waals surface area contributed by atoms with E-state index in [0.717, 1.165) is 6.07 Å². The molecule has 0 aliphatic heterocycles. The summed E-state index contributed by atoms with van der Waals surface area (Å²) in [6.45, 7) is 0. The molecular weight excluding hydrogens is 242 g/mol. The molecule has 2 aromatic rings. The quantitative estimate of drug-likeness (QED) is 0.859. The minimum Gasteiger partial charge on any atom is -0.477 e. The van der Waals surface area contributed by atoms with Crippen molar-refractivity contribution in [3.63, 3.8) is 0 Å². The zero-order chi connectivity index (χ0) is 12.4. The van der Waals surface area contributed by atoms with Crippen molar-refractivity contribution in [2.75, 3.05) is 0 Å². The number of benzene rings is 1. The summed E-state index contributed by atoms with van der Waals surface area (Å²) >= 11 is 5.97. The maximum absolute atomic E-state index is 11.4. The number of carboxylic acids is 1. The highest BCUT2D eigenvalue weighted by atomic mass is 35.5. The lowest BCUT2D eigenvalue weighted by atomic mass is 10.1. The van der Waals surface area contributed by atoms with E-state index in [9.17, 15) is 9.59 Å². The Balaban J connectivity index is 2.64. The van der Waals surface area contributed by atoms with Crippen LogP contribution >= 0.6 is 11.6 Å². The van der Waals surface area contributed by atoms with Crippen molar-refractivity contribution in [2.24, 2.45) is 0 Å². The van der Waals surface area contributed by atoms with E-state index in [2.05, 4.69) is 4.98 Å². The van der Waals surface area contributed by atoms with Crippen LogP contribution in [0.4, 0.5) is 0 Å². The Morgan fingerprint density at radius 1 is 1.24 bits per heavy atom. The summed E-state index contributed by atoms with van der Waals surface area (Å²) in [6.07, 6.45) is 0. The third-order valence-corrected chi connectivity index (χ3v) is 2.57. The Hall–Kier alpha value is -2.07. The van der Waals surface area contributed by atoms with Crippen molar-refractivity contribution >= 4 is 17.6 Å². The predicted octanol–water partition coefficient (Wildman–Crippen LogP) is 2.39. The fourth-order valence-corrected chi connectivity index (χ4v) is 1.72. The fraction of sp³-hybridized carbons (Fsp3) is 0. The molecule has 17 heavy (non-hydrogen) atoms. The van der Waals surface area contributed by atoms with Gasteiger partial charge in [-0.25, -0.2) is 4.79 Å². The monoisotopic (exact) mass is 249 g/mol. The Morgan fingerprint density at radius 2 is 1.94 bits per heavy atom. The normalized spacial score (nSPS) is 10.2. The highest BCUT2D eigenvalue weighted by Gasteiger charge is 2.09. The van der Waals surface area contributed by atoms with E-state index in [1.165, 1.54) is 6.07 Å². The van der Waals surface area contributed by atoms with Crippen LogP contribution in [-0.2, 0) is 0 Å². The third kappa shape index (κ3) is 2.37. The van der Waals surface area contributed by atoms with Gasteiger partial charge < -0.3 is 10.1 Å². The van der Waals surface area contributed by atoms with Gasteiger partial charge in [-0.05, 0) is 6.07 Å². The predicted molar refractivity (Wildman–Crippen MR) is 64.5 cm³/mol. The van der Waals surface area contributed by atoms with Crippen molar-refractivity contribution in [1.29, 1.82) is 0 Å². The molecule has 0 aliphatic rings. The van der Waals surface area contributed by atoms with Crippen LogP contribution in [0.5, 0.6) is 0 Å². The molecule has 4 nitrogen and oxygen atoms in total. The molecule has 1 aromatic carbocycles. The number of pyridine rings is 1. The lowest BCUT2D eigenvalue weighted by molar-refractivity contribution is 0.0690. The zero-order valence-electron chi connectivity index (χ0n) is 8.61. The summed E-state index contributed by atoms with van der Waals surface area (Å²) in [6, 6.07) is 9.23. The summed E-state index contributed by atoms with van der Waals surface area (Å²) in [7, 11) is 0. The molecule has 0 fully saturated rings. The van der Waals surface area contributed by atoms with Gasteiger partial charge in [-0.3, -0.25) is 4.79 Å². The summed E-state index contributed by atoms with van der Waals surface area (Å²) in [4.78, 5) is 24.9. The summed E-state index contributed by atoms with van der Waals surface area (Å²) in [5.41, 5.74) is 0.443. The van der Waals surface area contributed by atoms with E-state index in [4.69, 9.17) is 16.7 Å². The molecule has 0 bridgehead atoms. The molecule has 2 N–H and O–H groups in total. The van der Waals surface area contributed by atoms with Crippen molar-refractivity contribution in [1.82, 2.24) is 4.98 Å². The molecule has 0 saturated heterocycles. The number of nitrogens with one attached hydrogen (secondary N) is 1. The summed E-state index contributed by atoms with van der Waals surface area (Å²) in [5, 5.41) is 9.30. The van der Waals surface area contributed by atoms with Crippen LogP contribution in [-0.4, -0.2) is 16.1 Å². The van der Waals surface area contributed by atoms with Gasteiger partial charge in [0.05, 0.1) is 5.69 Å². The van der Waals surface area contributed by atoms with Crippen molar-refractivity contribution < 1.29 is 9.90 Å². The van der Waals surface area contributed by atoms with Gasteiger partial charge in [0.1, 0.15) is 5.69 Å². The maximum Gasteiger partial charge on any atom is 0.352 e. The molecule has 2 rings (SSSR count). The molecule has 1 heterocycles. The van der Waals surface area contributed by atoms with Gasteiger partial charge >= 0.3 is 5.97 Å². The van der Waals surface area contributed by atoms with Crippen LogP contribution in [0.3, 0.4) is 0 Å². The maximum atomic E-state index is 11.4. The number of rotatable bonds is 2. The molecular formula is C12H8ClNO3. The number of H-pyrrole nitrogens is 1. The van der Waals surface area contributed by atoms with Crippen LogP contribution in [0.25, 0.3) is 11.3 Å². The van der Waals surface area contributed by atoms with Gasteiger partial charge in [-0.15, -0.1) is 0 Å². The molecule has 1 aromatic heterocycles. The van der Waals surface area contributed by atoms with E-state index in [1.54, 1.807) is 24.3 Å². The summed E-state index contributed by atoms with van der Waals surface area (Å²) in [5.74, 6) is -1.18. The molecule has 0 saturated carbocycles. The number of carbonyl (C=O) groups is 1. The highest BCUT2D eigenvalue weighted by Crippen LogP contribution is 2.24. The second-order valence-corrected chi connectivity index (χ2v) is 3.84. The Bertz CT molecular complexity index is 634. The van der Waals surface area contributed by atoms with Gasteiger partial charge in [0.2, 0.25) is 0 Å². The number of aromatic carboxylic acids is 1.